The normalized spacial score (nSPS) is 27.7. The Balaban J connectivity index is 1.67. The third-order valence-corrected chi connectivity index (χ3v) is 4.72. The van der Waals surface area contributed by atoms with Gasteiger partial charge in [0, 0.05) is 25.7 Å². The molecule has 2 saturated heterocycles. The summed E-state index contributed by atoms with van der Waals surface area (Å²) in [5.74, 6) is 0.568. The maximum atomic E-state index is 12.4. The molecule has 2 aliphatic heterocycles. The number of halogens is 3. The zero-order valence-corrected chi connectivity index (χ0v) is 13.8. The van der Waals surface area contributed by atoms with E-state index >= 15 is 0 Å². The third kappa shape index (κ3) is 6.18. The van der Waals surface area contributed by atoms with E-state index in [-0.39, 0.29) is 5.92 Å². The number of rotatable bonds is 6. The van der Waals surface area contributed by atoms with Crippen LogP contribution in [0.3, 0.4) is 0 Å². The van der Waals surface area contributed by atoms with Crippen LogP contribution in [0.25, 0.3) is 0 Å². The lowest BCUT2D eigenvalue weighted by Gasteiger charge is -2.23. The van der Waals surface area contributed by atoms with Crippen molar-refractivity contribution in [3.8, 4) is 0 Å². The average molecular weight is 335 g/mol. The van der Waals surface area contributed by atoms with Crippen LogP contribution < -0.4 is 11.1 Å². The molecule has 0 amide bonds. The predicted molar refractivity (Wildman–Crippen MR) is 85.4 cm³/mol. The van der Waals surface area contributed by atoms with Crippen LogP contribution in [0.1, 0.15) is 26.2 Å². The second-order valence-electron chi connectivity index (χ2n) is 6.54. The zero-order valence-electron chi connectivity index (χ0n) is 13.8. The highest BCUT2D eigenvalue weighted by Crippen LogP contribution is 2.22. The van der Waals surface area contributed by atoms with Gasteiger partial charge >= 0.3 is 6.18 Å². The second kappa shape index (κ2) is 8.19. The Morgan fingerprint density at radius 1 is 1.30 bits per heavy atom. The molecule has 0 aromatic heterocycles. The van der Waals surface area contributed by atoms with Gasteiger partial charge in [-0.1, -0.05) is 6.92 Å². The number of likely N-dealkylation sites (N-methyl/N-ethyl adjacent to an activating group) is 1. The highest BCUT2D eigenvalue weighted by atomic mass is 19.4. The fourth-order valence-corrected chi connectivity index (χ4v) is 3.51. The lowest BCUT2D eigenvalue weighted by Crippen LogP contribution is -2.43. The molecule has 2 fully saturated rings. The van der Waals surface area contributed by atoms with Crippen molar-refractivity contribution < 1.29 is 13.2 Å². The summed E-state index contributed by atoms with van der Waals surface area (Å²) < 4.78 is 37.1. The maximum absolute atomic E-state index is 12.4. The number of alkyl halides is 3. The fourth-order valence-electron chi connectivity index (χ4n) is 3.51. The van der Waals surface area contributed by atoms with Gasteiger partial charge in [-0.2, -0.15) is 13.2 Å². The topological polar surface area (TPSA) is 56.9 Å². The summed E-state index contributed by atoms with van der Waals surface area (Å²) in [6, 6.07) is 0.502. The van der Waals surface area contributed by atoms with Crippen molar-refractivity contribution in [2.45, 2.75) is 38.4 Å². The summed E-state index contributed by atoms with van der Waals surface area (Å²) in [6.07, 6.45) is -0.984. The van der Waals surface area contributed by atoms with Crippen LogP contribution in [0.5, 0.6) is 0 Å². The van der Waals surface area contributed by atoms with Gasteiger partial charge < -0.3 is 11.1 Å². The van der Waals surface area contributed by atoms with E-state index in [1.165, 1.54) is 17.7 Å². The number of hydrogen-bond donors (Lipinski definition) is 2. The molecule has 0 bridgehead atoms. The maximum Gasteiger partial charge on any atom is 0.401 e. The van der Waals surface area contributed by atoms with Gasteiger partial charge in [-0.15, -0.1) is 0 Å². The van der Waals surface area contributed by atoms with E-state index in [0.29, 0.717) is 31.6 Å². The molecule has 2 unspecified atom stereocenters. The Hall–Kier alpha value is -1.02. The summed E-state index contributed by atoms with van der Waals surface area (Å²) in [7, 11) is 0. The Bertz CT molecular complexity index is 399. The SMILES string of the molecule is CCN1CCCC1CNC(N)=NCC1CCN(CC(F)(F)F)C1. The molecular weight excluding hydrogens is 307 g/mol. The predicted octanol–water partition coefficient (Wildman–Crippen LogP) is 1.26. The molecule has 0 aliphatic carbocycles. The summed E-state index contributed by atoms with van der Waals surface area (Å²) >= 11 is 0. The molecular formula is C15H28F3N5. The highest BCUT2D eigenvalue weighted by molar-refractivity contribution is 5.77. The van der Waals surface area contributed by atoms with Crippen molar-refractivity contribution in [2.24, 2.45) is 16.6 Å². The van der Waals surface area contributed by atoms with Crippen LogP contribution in [-0.2, 0) is 0 Å². The standard InChI is InChI=1S/C15H28F3N5/c1-2-23-6-3-4-13(23)9-21-14(19)20-8-12-5-7-22(10-12)11-15(16,17)18/h12-13H,2-11H2,1H3,(H3,19,20,21). The summed E-state index contributed by atoms with van der Waals surface area (Å²) in [6.45, 7) is 5.72. The molecule has 134 valence electrons. The molecule has 2 atom stereocenters. The van der Waals surface area contributed by atoms with Gasteiger partial charge in [0.05, 0.1) is 6.54 Å². The van der Waals surface area contributed by atoms with Gasteiger partial charge in [-0.25, -0.2) is 0 Å². The Labute approximate surface area is 136 Å². The number of aliphatic imine (C=N–C) groups is 1. The molecule has 23 heavy (non-hydrogen) atoms. The van der Waals surface area contributed by atoms with Crippen molar-refractivity contribution in [1.29, 1.82) is 0 Å². The van der Waals surface area contributed by atoms with E-state index in [0.717, 1.165) is 26.1 Å². The van der Waals surface area contributed by atoms with E-state index in [1.54, 1.807) is 0 Å². The first-order valence-electron chi connectivity index (χ1n) is 8.44. The smallest absolute Gasteiger partial charge is 0.370 e. The molecule has 0 aromatic rings. The lowest BCUT2D eigenvalue weighted by atomic mass is 10.1. The summed E-state index contributed by atoms with van der Waals surface area (Å²) in [4.78, 5) is 8.17. The monoisotopic (exact) mass is 335 g/mol. The molecule has 2 heterocycles. The van der Waals surface area contributed by atoms with E-state index < -0.39 is 12.7 Å². The number of guanidine groups is 1. The number of likely N-dealkylation sites (tertiary alicyclic amines) is 2. The minimum atomic E-state index is -4.12. The van der Waals surface area contributed by atoms with Crippen molar-refractivity contribution in [1.82, 2.24) is 15.1 Å². The largest absolute Gasteiger partial charge is 0.401 e. The van der Waals surface area contributed by atoms with E-state index in [9.17, 15) is 13.2 Å². The third-order valence-electron chi connectivity index (χ3n) is 4.72. The number of nitrogens with two attached hydrogens (primary N) is 1. The van der Waals surface area contributed by atoms with E-state index in [4.69, 9.17) is 5.73 Å². The Morgan fingerprint density at radius 2 is 2.09 bits per heavy atom. The molecule has 2 aliphatic rings. The minimum absolute atomic E-state index is 0.163. The van der Waals surface area contributed by atoms with Crippen LogP contribution in [0.15, 0.2) is 4.99 Å². The van der Waals surface area contributed by atoms with Crippen LogP contribution in [-0.4, -0.2) is 73.8 Å². The molecule has 0 spiro atoms. The second-order valence-corrected chi connectivity index (χ2v) is 6.54. The van der Waals surface area contributed by atoms with Crippen molar-refractivity contribution >= 4 is 5.96 Å². The van der Waals surface area contributed by atoms with Crippen molar-refractivity contribution in [3.05, 3.63) is 0 Å². The van der Waals surface area contributed by atoms with Gasteiger partial charge in [0.1, 0.15) is 0 Å². The van der Waals surface area contributed by atoms with Crippen LogP contribution in [0, 0.1) is 5.92 Å². The summed E-state index contributed by atoms with van der Waals surface area (Å²) in [5.41, 5.74) is 5.88. The van der Waals surface area contributed by atoms with Crippen LogP contribution in [0.4, 0.5) is 13.2 Å². The molecule has 2 rings (SSSR count). The molecule has 5 nitrogen and oxygen atoms in total. The van der Waals surface area contributed by atoms with Crippen LogP contribution in [0.2, 0.25) is 0 Å². The Kier molecular flexibility index (Phi) is 6.52. The number of nitrogens with one attached hydrogen (secondary N) is 1. The zero-order chi connectivity index (χ0) is 16.9. The van der Waals surface area contributed by atoms with Crippen molar-refractivity contribution in [2.75, 3.05) is 45.8 Å². The number of nitrogens with zero attached hydrogens (tertiary/aromatic N) is 3. The fraction of sp³-hybridized carbons (Fsp3) is 0.933. The summed E-state index contributed by atoms with van der Waals surface area (Å²) in [5, 5.41) is 3.15. The minimum Gasteiger partial charge on any atom is -0.370 e. The quantitative estimate of drug-likeness (QED) is 0.567. The van der Waals surface area contributed by atoms with Gasteiger partial charge in [-0.3, -0.25) is 14.8 Å². The Morgan fingerprint density at radius 3 is 2.78 bits per heavy atom. The highest BCUT2D eigenvalue weighted by Gasteiger charge is 2.34. The van der Waals surface area contributed by atoms with Crippen molar-refractivity contribution in [3.63, 3.8) is 0 Å². The molecule has 3 N–H and O–H groups in total. The van der Waals surface area contributed by atoms with Gasteiger partial charge in [0.15, 0.2) is 5.96 Å². The van der Waals surface area contributed by atoms with Crippen LogP contribution >= 0.6 is 0 Å². The van der Waals surface area contributed by atoms with E-state index in [2.05, 4.69) is 22.1 Å². The van der Waals surface area contributed by atoms with Gasteiger partial charge in [0.2, 0.25) is 0 Å². The number of hydrogen-bond acceptors (Lipinski definition) is 3. The van der Waals surface area contributed by atoms with Gasteiger partial charge in [-0.05, 0) is 44.8 Å². The molecule has 8 heteroatoms. The van der Waals surface area contributed by atoms with Gasteiger partial charge in [0.25, 0.3) is 0 Å². The lowest BCUT2D eigenvalue weighted by molar-refractivity contribution is -0.143. The first kappa shape index (κ1) is 18.3. The average Bonchev–Trinajstić information content (AvgIpc) is 3.09. The first-order chi connectivity index (χ1) is 10.9. The molecule has 0 aromatic carbocycles. The molecule has 0 radical (unpaired) electrons. The van der Waals surface area contributed by atoms with E-state index in [1.807, 2.05) is 0 Å². The first-order valence-corrected chi connectivity index (χ1v) is 8.44. The molecule has 0 saturated carbocycles.